The summed E-state index contributed by atoms with van der Waals surface area (Å²) in [6, 6.07) is 10.2. The second-order valence-corrected chi connectivity index (χ2v) is 4.79. The number of benzene rings is 1. The highest BCUT2D eigenvalue weighted by atomic mass is 16.5. The lowest BCUT2D eigenvalue weighted by Crippen LogP contribution is -2.43. The highest BCUT2D eigenvalue weighted by molar-refractivity contribution is 5.77. The van der Waals surface area contributed by atoms with Gasteiger partial charge in [-0.05, 0) is 5.56 Å². The summed E-state index contributed by atoms with van der Waals surface area (Å²) < 4.78 is 5.77. The lowest BCUT2D eigenvalue weighted by molar-refractivity contribution is -0.132. The number of nitrogens with zero attached hydrogens (tertiary/aromatic N) is 2. The molecule has 2 rings (SSSR count). The Bertz CT molecular complexity index is 392. The first-order valence-electron chi connectivity index (χ1n) is 6.26. The topological polar surface area (TPSA) is 32.8 Å². The van der Waals surface area contributed by atoms with E-state index in [1.807, 2.05) is 18.2 Å². The smallest absolute Gasteiger partial charge is 0.236 e. The van der Waals surface area contributed by atoms with Gasteiger partial charge in [0.25, 0.3) is 0 Å². The largest absolute Gasteiger partial charge is 0.371 e. The van der Waals surface area contributed by atoms with E-state index >= 15 is 0 Å². The van der Waals surface area contributed by atoms with E-state index in [2.05, 4.69) is 17.0 Å². The van der Waals surface area contributed by atoms with Crippen LogP contribution in [0.3, 0.4) is 0 Å². The first-order valence-corrected chi connectivity index (χ1v) is 6.26. The Morgan fingerprint density at radius 2 is 2.11 bits per heavy atom. The van der Waals surface area contributed by atoms with Crippen molar-refractivity contribution in [3.8, 4) is 0 Å². The Morgan fingerprint density at radius 3 is 2.78 bits per heavy atom. The van der Waals surface area contributed by atoms with Crippen molar-refractivity contribution in [3.63, 3.8) is 0 Å². The van der Waals surface area contributed by atoms with Gasteiger partial charge in [-0.2, -0.15) is 0 Å². The van der Waals surface area contributed by atoms with Gasteiger partial charge in [0.2, 0.25) is 5.91 Å². The molecule has 4 nitrogen and oxygen atoms in total. The number of likely N-dealkylation sites (N-methyl/N-ethyl adjacent to an activating group) is 1. The van der Waals surface area contributed by atoms with Crippen molar-refractivity contribution >= 4 is 5.91 Å². The molecule has 1 aromatic carbocycles. The number of morpholine rings is 1. The summed E-state index contributed by atoms with van der Waals surface area (Å²) in [5, 5.41) is 0. The predicted molar refractivity (Wildman–Crippen MR) is 70.3 cm³/mol. The molecule has 0 aliphatic carbocycles. The van der Waals surface area contributed by atoms with Crippen LogP contribution in [0.4, 0.5) is 0 Å². The molecule has 1 amide bonds. The van der Waals surface area contributed by atoms with Gasteiger partial charge in [0, 0.05) is 27.2 Å². The zero-order valence-electron chi connectivity index (χ0n) is 11.0. The van der Waals surface area contributed by atoms with E-state index in [-0.39, 0.29) is 12.0 Å². The van der Waals surface area contributed by atoms with Crippen molar-refractivity contribution in [1.29, 1.82) is 0 Å². The van der Waals surface area contributed by atoms with Crippen LogP contribution in [0.1, 0.15) is 11.7 Å². The Kier molecular flexibility index (Phi) is 4.33. The number of hydrogen-bond acceptors (Lipinski definition) is 3. The summed E-state index contributed by atoms with van der Waals surface area (Å²) in [6.45, 7) is 2.76. The van der Waals surface area contributed by atoms with Gasteiger partial charge >= 0.3 is 0 Å². The molecule has 1 unspecified atom stereocenters. The standard InChI is InChI=1S/C14H20N2O2/c1-15(2)14(17)11-16-8-9-18-13(10-16)12-6-4-3-5-7-12/h3-7,13H,8-11H2,1-2H3. The van der Waals surface area contributed by atoms with E-state index < -0.39 is 0 Å². The molecule has 0 spiro atoms. The predicted octanol–water partition coefficient (Wildman–Crippen LogP) is 1.15. The molecule has 0 aromatic heterocycles. The van der Waals surface area contributed by atoms with Crippen LogP contribution in [0.2, 0.25) is 0 Å². The fourth-order valence-corrected chi connectivity index (χ4v) is 2.05. The van der Waals surface area contributed by atoms with Crippen molar-refractivity contribution in [1.82, 2.24) is 9.80 Å². The molecule has 0 N–H and O–H groups in total. The molecule has 0 saturated carbocycles. The third-order valence-corrected chi connectivity index (χ3v) is 3.18. The Balaban J connectivity index is 1.95. The Labute approximate surface area is 108 Å². The minimum Gasteiger partial charge on any atom is -0.371 e. The number of ether oxygens (including phenoxy) is 1. The van der Waals surface area contributed by atoms with Crippen LogP contribution in [-0.2, 0) is 9.53 Å². The highest BCUT2D eigenvalue weighted by Crippen LogP contribution is 2.21. The Hall–Kier alpha value is -1.39. The Morgan fingerprint density at radius 1 is 1.39 bits per heavy atom. The van der Waals surface area contributed by atoms with Crippen LogP contribution >= 0.6 is 0 Å². The molecule has 1 aliphatic rings. The van der Waals surface area contributed by atoms with Crippen molar-refractivity contribution in [2.75, 3.05) is 40.3 Å². The van der Waals surface area contributed by atoms with Gasteiger partial charge in [-0.25, -0.2) is 0 Å². The molecule has 1 saturated heterocycles. The minimum absolute atomic E-state index is 0.0786. The second kappa shape index (κ2) is 5.98. The second-order valence-electron chi connectivity index (χ2n) is 4.79. The average Bonchev–Trinajstić information content (AvgIpc) is 2.40. The van der Waals surface area contributed by atoms with Crippen molar-refractivity contribution in [3.05, 3.63) is 35.9 Å². The first-order chi connectivity index (χ1) is 8.66. The van der Waals surface area contributed by atoms with E-state index in [9.17, 15) is 4.79 Å². The fourth-order valence-electron chi connectivity index (χ4n) is 2.05. The molecular weight excluding hydrogens is 228 g/mol. The summed E-state index contributed by atoms with van der Waals surface area (Å²) in [4.78, 5) is 15.5. The van der Waals surface area contributed by atoms with Gasteiger partial charge in [-0.1, -0.05) is 30.3 Å². The van der Waals surface area contributed by atoms with Gasteiger partial charge in [-0.3, -0.25) is 9.69 Å². The molecule has 0 radical (unpaired) electrons. The normalized spacial score (nSPS) is 20.7. The van der Waals surface area contributed by atoms with Crippen LogP contribution in [0.25, 0.3) is 0 Å². The summed E-state index contributed by atoms with van der Waals surface area (Å²) in [7, 11) is 3.58. The van der Waals surface area contributed by atoms with Crippen LogP contribution in [0, 0.1) is 0 Å². The van der Waals surface area contributed by atoms with Gasteiger partial charge in [0.05, 0.1) is 19.3 Å². The van der Waals surface area contributed by atoms with E-state index in [0.717, 1.165) is 13.1 Å². The van der Waals surface area contributed by atoms with Gasteiger partial charge in [0.15, 0.2) is 0 Å². The van der Waals surface area contributed by atoms with Crippen LogP contribution in [0.5, 0.6) is 0 Å². The monoisotopic (exact) mass is 248 g/mol. The van der Waals surface area contributed by atoms with Gasteiger partial charge in [0.1, 0.15) is 0 Å². The zero-order valence-corrected chi connectivity index (χ0v) is 11.0. The quantitative estimate of drug-likeness (QED) is 0.804. The van der Waals surface area contributed by atoms with Crippen LogP contribution in [0.15, 0.2) is 30.3 Å². The molecule has 4 heteroatoms. The summed E-state index contributed by atoms with van der Waals surface area (Å²) in [5.74, 6) is 0.142. The van der Waals surface area contributed by atoms with Gasteiger partial charge in [-0.15, -0.1) is 0 Å². The number of rotatable bonds is 3. The lowest BCUT2D eigenvalue weighted by atomic mass is 10.1. The molecule has 1 atom stereocenters. The number of hydrogen-bond donors (Lipinski definition) is 0. The van der Waals surface area contributed by atoms with Crippen LogP contribution in [-0.4, -0.2) is 56.0 Å². The molecule has 1 heterocycles. The fraction of sp³-hybridized carbons (Fsp3) is 0.500. The molecule has 1 aromatic rings. The SMILES string of the molecule is CN(C)C(=O)CN1CCOC(c2ccccc2)C1. The maximum atomic E-state index is 11.7. The van der Waals surface area contributed by atoms with Crippen molar-refractivity contribution in [2.45, 2.75) is 6.10 Å². The third kappa shape index (κ3) is 3.31. The molecule has 18 heavy (non-hydrogen) atoms. The van der Waals surface area contributed by atoms with E-state index in [0.29, 0.717) is 13.2 Å². The van der Waals surface area contributed by atoms with Gasteiger partial charge < -0.3 is 9.64 Å². The maximum absolute atomic E-state index is 11.7. The van der Waals surface area contributed by atoms with E-state index in [4.69, 9.17) is 4.74 Å². The van der Waals surface area contributed by atoms with E-state index in [1.165, 1.54) is 5.56 Å². The molecule has 1 aliphatic heterocycles. The van der Waals surface area contributed by atoms with Crippen LogP contribution < -0.4 is 0 Å². The minimum atomic E-state index is 0.0786. The molecule has 1 fully saturated rings. The lowest BCUT2D eigenvalue weighted by Gasteiger charge is -2.33. The first kappa shape index (κ1) is 13.1. The maximum Gasteiger partial charge on any atom is 0.236 e. The number of carbonyl (C=O) groups is 1. The van der Waals surface area contributed by atoms with E-state index in [1.54, 1.807) is 19.0 Å². The zero-order chi connectivity index (χ0) is 13.0. The summed E-state index contributed by atoms with van der Waals surface area (Å²) in [5.41, 5.74) is 1.18. The molecular formula is C14H20N2O2. The number of carbonyl (C=O) groups excluding carboxylic acids is 1. The van der Waals surface area contributed by atoms with Crippen molar-refractivity contribution in [2.24, 2.45) is 0 Å². The molecule has 0 bridgehead atoms. The number of amides is 1. The molecule has 98 valence electrons. The highest BCUT2D eigenvalue weighted by Gasteiger charge is 2.23. The average molecular weight is 248 g/mol. The summed E-state index contributed by atoms with van der Waals surface area (Å²) >= 11 is 0. The summed E-state index contributed by atoms with van der Waals surface area (Å²) in [6.07, 6.45) is 0.0786. The third-order valence-electron chi connectivity index (χ3n) is 3.18. The van der Waals surface area contributed by atoms with Crippen molar-refractivity contribution < 1.29 is 9.53 Å².